The normalized spacial score (nSPS) is 13.5. The van der Waals surface area contributed by atoms with Crippen molar-refractivity contribution in [3.05, 3.63) is 64.8 Å². The van der Waals surface area contributed by atoms with Crippen molar-refractivity contribution in [2.45, 2.75) is 27.7 Å². The summed E-state index contributed by atoms with van der Waals surface area (Å²) in [6.07, 6.45) is 5.31. The zero-order valence-electron chi connectivity index (χ0n) is 15.1. The Balaban J connectivity index is 3.30. The van der Waals surface area contributed by atoms with E-state index in [2.05, 4.69) is 4.99 Å². The van der Waals surface area contributed by atoms with Crippen LogP contribution in [0.25, 0.3) is 5.57 Å². The number of methoxy groups -OCH3 is 1. The van der Waals surface area contributed by atoms with Crippen LogP contribution in [0.1, 0.15) is 38.8 Å². The molecule has 1 rings (SSSR count). The van der Waals surface area contributed by atoms with Gasteiger partial charge in [-0.25, -0.2) is 9.38 Å². The van der Waals surface area contributed by atoms with Crippen LogP contribution in [-0.2, 0) is 9.53 Å². The maximum Gasteiger partial charge on any atom is 0.178 e. The monoisotopic (exact) mass is 340 g/mol. The fourth-order valence-corrected chi connectivity index (χ4v) is 2.01. The van der Waals surface area contributed by atoms with Crippen LogP contribution in [0.4, 0.5) is 4.39 Å². The van der Waals surface area contributed by atoms with Crippen LogP contribution in [0.5, 0.6) is 0 Å². The summed E-state index contributed by atoms with van der Waals surface area (Å²) >= 11 is 0. The Morgan fingerprint density at radius 3 is 2.52 bits per heavy atom. The molecule has 0 saturated heterocycles. The van der Waals surface area contributed by atoms with Gasteiger partial charge in [0.15, 0.2) is 5.78 Å². The molecule has 0 aliphatic carbocycles. The summed E-state index contributed by atoms with van der Waals surface area (Å²) in [5, 5.41) is 8.95. The molecule has 5 heteroatoms. The SMILES string of the molecule is CO/C(C)=C/C=C\C(C)=N/C(C(C)=O)=C(\C)c1ccc(F)c(C#N)c1. The summed E-state index contributed by atoms with van der Waals surface area (Å²) in [5.41, 5.74) is 2.00. The largest absolute Gasteiger partial charge is 0.501 e. The van der Waals surface area contributed by atoms with Crippen molar-refractivity contribution >= 4 is 17.1 Å². The fourth-order valence-electron chi connectivity index (χ4n) is 2.01. The number of nitrogens with zero attached hydrogens (tertiary/aromatic N) is 2. The Labute approximate surface area is 147 Å². The van der Waals surface area contributed by atoms with Crippen LogP contribution in [0, 0.1) is 17.1 Å². The minimum absolute atomic E-state index is 0.0690. The molecule has 0 heterocycles. The number of carbonyl (C=O) groups is 1. The van der Waals surface area contributed by atoms with E-state index in [1.165, 1.54) is 25.1 Å². The molecule has 0 spiro atoms. The number of Topliss-reactive ketones (excluding diaryl/α,β-unsaturated/α-hetero) is 1. The summed E-state index contributed by atoms with van der Waals surface area (Å²) in [6, 6.07) is 5.95. The highest BCUT2D eigenvalue weighted by atomic mass is 19.1. The van der Waals surface area contributed by atoms with E-state index >= 15 is 0 Å². The molecule has 4 nitrogen and oxygen atoms in total. The van der Waals surface area contributed by atoms with Gasteiger partial charge in [-0.2, -0.15) is 5.26 Å². The van der Waals surface area contributed by atoms with Crippen LogP contribution >= 0.6 is 0 Å². The second kappa shape index (κ2) is 9.33. The van der Waals surface area contributed by atoms with Gasteiger partial charge in [0, 0.05) is 12.6 Å². The van der Waals surface area contributed by atoms with Crippen molar-refractivity contribution < 1.29 is 13.9 Å². The Kier molecular flexibility index (Phi) is 7.48. The second-order valence-electron chi connectivity index (χ2n) is 5.43. The van der Waals surface area contributed by atoms with Crippen molar-refractivity contribution in [3.8, 4) is 6.07 Å². The lowest BCUT2D eigenvalue weighted by Gasteiger charge is -2.07. The first kappa shape index (κ1) is 20.0. The van der Waals surface area contributed by atoms with E-state index in [0.29, 0.717) is 16.8 Å². The van der Waals surface area contributed by atoms with Crippen molar-refractivity contribution in [2.24, 2.45) is 4.99 Å². The van der Waals surface area contributed by atoms with Gasteiger partial charge in [-0.1, -0.05) is 12.1 Å². The average molecular weight is 340 g/mol. The molecule has 0 atom stereocenters. The van der Waals surface area contributed by atoms with Gasteiger partial charge in [0.2, 0.25) is 0 Å². The Morgan fingerprint density at radius 2 is 1.96 bits per heavy atom. The van der Waals surface area contributed by atoms with Gasteiger partial charge in [0.05, 0.1) is 18.4 Å². The Morgan fingerprint density at radius 1 is 1.28 bits per heavy atom. The quantitative estimate of drug-likeness (QED) is 0.329. The smallest absolute Gasteiger partial charge is 0.178 e. The maximum atomic E-state index is 13.5. The molecule has 0 saturated carbocycles. The van der Waals surface area contributed by atoms with Crippen LogP contribution in [0.2, 0.25) is 0 Å². The molecule has 130 valence electrons. The molecule has 25 heavy (non-hydrogen) atoms. The maximum absolute atomic E-state index is 13.5. The number of hydrogen-bond acceptors (Lipinski definition) is 4. The van der Waals surface area contributed by atoms with Gasteiger partial charge in [0.25, 0.3) is 0 Å². The van der Waals surface area contributed by atoms with E-state index in [9.17, 15) is 9.18 Å². The standard InChI is InChI=1S/C20H21FN2O2/c1-13(7-6-8-14(2)25-5)23-20(16(4)24)15(3)17-9-10-19(21)18(11-17)12-22/h6-11H,1-5H3/b7-6-,14-8+,20-15+,23-13-. The molecule has 1 aromatic rings. The molecule has 0 radical (unpaired) electrons. The predicted octanol–water partition coefficient (Wildman–Crippen LogP) is 4.58. The van der Waals surface area contributed by atoms with E-state index in [1.807, 2.05) is 6.92 Å². The number of allylic oxidation sites excluding steroid dienone is 6. The highest BCUT2D eigenvalue weighted by Gasteiger charge is 2.11. The minimum Gasteiger partial charge on any atom is -0.501 e. The lowest BCUT2D eigenvalue weighted by molar-refractivity contribution is -0.113. The summed E-state index contributed by atoms with van der Waals surface area (Å²) in [6.45, 7) is 6.74. The molecule has 0 N–H and O–H groups in total. The first-order valence-electron chi connectivity index (χ1n) is 7.66. The molecule has 0 unspecified atom stereocenters. The molecular weight excluding hydrogens is 319 g/mol. The Hall–Kier alpha value is -3.00. The first-order valence-corrected chi connectivity index (χ1v) is 7.66. The third kappa shape index (κ3) is 5.85. The summed E-state index contributed by atoms with van der Waals surface area (Å²) in [4.78, 5) is 16.4. The summed E-state index contributed by atoms with van der Waals surface area (Å²) in [7, 11) is 1.58. The molecule has 0 aromatic heterocycles. The molecule has 0 bridgehead atoms. The van der Waals surface area contributed by atoms with Crippen molar-refractivity contribution in [1.29, 1.82) is 5.26 Å². The van der Waals surface area contributed by atoms with Crippen molar-refractivity contribution in [2.75, 3.05) is 7.11 Å². The van der Waals surface area contributed by atoms with Gasteiger partial charge in [0.1, 0.15) is 17.6 Å². The number of halogens is 1. The summed E-state index contributed by atoms with van der Waals surface area (Å²) < 4.78 is 18.5. The molecule has 0 aliphatic heterocycles. The molecule has 0 amide bonds. The zero-order chi connectivity index (χ0) is 19.0. The van der Waals surface area contributed by atoms with Crippen LogP contribution in [-0.4, -0.2) is 18.6 Å². The van der Waals surface area contributed by atoms with E-state index in [-0.39, 0.29) is 17.0 Å². The van der Waals surface area contributed by atoms with E-state index in [1.54, 1.807) is 45.3 Å². The molecule has 0 aliphatic rings. The van der Waals surface area contributed by atoms with Crippen molar-refractivity contribution in [3.63, 3.8) is 0 Å². The minimum atomic E-state index is -0.591. The third-order valence-electron chi connectivity index (χ3n) is 3.49. The van der Waals surface area contributed by atoms with Gasteiger partial charge in [-0.15, -0.1) is 0 Å². The highest BCUT2D eigenvalue weighted by Crippen LogP contribution is 2.22. The fraction of sp³-hybridized carbons (Fsp3) is 0.250. The number of aliphatic imine (C=N–C) groups is 1. The van der Waals surface area contributed by atoms with Gasteiger partial charge in [-0.05, 0) is 56.2 Å². The number of rotatable bonds is 6. The number of carbonyl (C=O) groups excluding carboxylic acids is 1. The van der Waals surface area contributed by atoms with Crippen LogP contribution in [0.15, 0.2) is 52.9 Å². The average Bonchev–Trinajstić information content (AvgIpc) is 2.59. The molecular formula is C20H21FN2O2. The summed E-state index contributed by atoms with van der Waals surface area (Å²) in [5.74, 6) is -0.0547. The number of ketones is 1. The van der Waals surface area contributed by atoms with E-state index in [4.69, 9.17) is 10.00 Å². The second-order valence-corrected chi connectivity index (χ2v) is 5.43. The van der Waals surface area contributed by atoms with Gasteiger partial charge in [-0.3, -0.25) is 4.79 Å². The lowest BCUT2D eigenvalue weighted by Crippen LogP contribution is -2.01. The Bertz CT molecular complexity index is 825. The number of ether oxygens (including phenoxy) is 1. The first-order chi connectivity index (χ1) is 11.8. The van der Waals surface area contributed by atoms with Crippen LogP contribution < -0.4 is 0 Å². The van der Waals surface area contributed by atoms with Crippen molar-refractivity contribution in [1.82, 2.24) is 0 Å². The van der Waals surface area contributed by atoms with E-state index in [0.717, 1.165) is 5.76 Å². The van der Waals surface area contributed by atoms with Crippen LogP contribution in [0.3, 0.4) is 0 Å². The lowest BCUT2D eigenvalue weighted by atomic mass is 10.0. The number of benzene rings is 1. The zero-order valence-corrected chi connectivity index (χ0v) is 15.1. The van der Waals surface area contributed by atoms with Gasteiger partial charge < -0.3 is 4.74 Å². The molecule has 0 fully saturated rings. The topological polar surface area (TPSA) is 62.4 Å². The highest BCUT2D eigenvalue weighted by molar-refractivity contribution is 6.05. The van der Waals surface area contributed by atoms with E-state index < -0.39 is 5.82 Å². The molecule has 1 aromatic carbocycles. The van der Waals surface area contributed by atoms with Gasteiger partial charge >= 0.3 is 0 Å². The third-order valence-corrected chi connectivity index (χ3v) is 3.49. The number of hydrogen-bond donors (Lipinski definition) is 0. The predicted molar refractivity (Wildman–Crippen MR) is 97.4 cm³/mol. The number of nitriles is 1.